The molecule has 4 heteroatoms. The van der Waals surface area contributed by atoms with Gasteiger partial charge in [0.25, 0.3) is 0 Å². The van der Waals surface area contributed by atoms with Crippen molar-refractivity contribution >= 4 is 12.3 Å². The van der Waals surface area contributed by atoms with Gasteiger partial charge in [-0.3, -0.25) is 9.59 Å². The van der Waals surface area contributed by atoms with Gasteiger partial charge in [-0.15, -0.1) is 0 Å². The van der Waals surface area contributed by atoms with Crippen molar-refractivity contribution in [1.82, 2.24) is 4.90 Å². The molecule has 4 nitrogen and oxygen atoms in total. The average Bonchev–Trinajstić information content (AvgIpc) is 1.85. The van der Waals surface area contributed by atoms with Crippen LogP contribution in [0.15, 0.2) is 0 Å². The summed E-state index contributed by atoms with van der Waals surface area (Å²) in [5.41, 5.74) is 5.07. The summed E-state index contributed by atoms with van der Waals surface area (Å²) in [7, 11) is 1.54. The molecule has 0 aliphatic rings. The van der Waals surface area contributed by atoms with Gasteiger partial charge in [0.15, 0.2) is 0 Å². The Bertz CT molecular complexity index is 157. The molecule has 0 aromatic heterocycles. The van der Waals surface area contributed by atoms with Gasteiger partial charge in [-0.25, -0.2) is 0 Å². The van der Waals surface area contributed by atoms with Gasteiger partial charge in [-0.2, -0.15) is 0 Å². The topological polar surface area (TPSA) is 63.4 Å². The number of likely N-dealkylation sites (N-methyl/N-ethyl adjacent to an activating group) is 1. The van der Waals surface area contributed by atoms with Crippen LogP contribution in [0.5, 0.6) is 0 Å². The Labute approximate surface area is 66.4 Å². The van der Waals surface area contributed by atoms with E-state index in [-0.39, 0.29) is 5.92 Å². The molecule has 0 heterocycles. The number of carbonyl (C=O) groups excluding carboxylic acids is 2. The molecule has 11 heavy (non-hydrogen) atoms. The standard InChI is InChI=1S/C7H14N2O2/c1-5(2)6(7(8)11)9(3)4-10/h4-6H,1-3H3,(H2,8,11)/t6-/m0/s1. The molecule has 0 rings (SSSR count). The van der Waals surface area contributed by atoms with Gasteiger partial charge in [-0.05, 0) is 5.92 Å². The van der Waals surface area contributed by atoms with E-state index in [0.29, 0.717) is 6.41 Å². The Morgan fingerprint density at radius 2 is 2.00 bits per heavy atom. The van der Waals surface area contributed by atoms with E-state index in [2.05, 4.69) is 0 Å². The molecule has 0 radical (unpaired) electrons. The first-order chi connectivity index (χ1) is 5.00. The van der Waals surface area contributed by atoms with E-state index in [9.17, 15) is 9.59 Å². The summed E-state index contributed by atoms with van der Waals surface area (Å²) in [4.78, 5) is 22.3. The fourth-order valence-corrected chi connectivity index (χ4v) is 1.07. The van der Waals surface area contributed by atoms with Gasteiger partial charge < -0.3 is 10.6 Å². The quantitative estimate of drug-likeness (QED) is 0.565. The van der Waals surface area contributed by atoms with Crippen LogP contribution < -0.4 is 5.73 Å². The lowest BCUT2D eigenvalue weighted by Gasteiger charge is -2.24. The van der Waals surface area contributed by atoms with Crippen molar-refractivity contribution in [2.24, 2.45) is 11.7 Å². The zero-order valence-electron chi connectivity index (χ0n) is 7.07. The molecule has 0 bridgehead atoms. The predicted molar refractivity (Wildman–Crippen MR) is 41.6 cm³/mol. The van der Waals surface area contributed by atoms with E-state index >= 15 is 0 Å². The molecule has 2 amide bonds. The first kappa shape index (κ1) is 9.94. The van der Waals surface area contributed by atoms with Crippen LogP contribution in [-0.2, 0) is 9.59 Å². The Morgan fingerprint density at radius 1 is 1.55 bits per heavy atom. The third-order valence-electron chi connectivity index (χ3n) is 1.53. The van der Waals surface area contributed by atoms with Crippen molar-refractivity contribution in [3.8, 4) is 0 Å². The molecule has 1 atom stereocenters. The van der Waals surface area contributed by atoms with Crippen LogP contribution in [0, 0.1) is 5.92 Å². The van der Waals surface area contributed by atoms with Crippen molar-refractivity contribution in [3.63, 3.8) is 0 Å². The summed E-state index contributed by atoms with van der Waals surface area (Å²) in [5.74, 6) is -0.405. The van der Waals surface area contributed by atoms with Crippen LogP contribution in [0.2, 0.25) is 0 Å². The highest BCUT2D eigenvalue weighted by atomic mass is 16.2. The normalized spacial score (nSPS) is 12.7. The maximum Gasteiger partial charge on any atom is 0.240 e. The SMILES string of the molecule is CC(C)[C@@H](C(N)=O)N(C)C=O. The summed E-state index contributed by atoms with van der Waals surface area (Å²) in [6.45, 7) is 3.69. The van der Waals surface area contributed by atoms with Crippen LogP contribution >= 0.6 is 0 Å². The van der Waals surface area contributed by atoms with E-state index in [4.69, 9.17) is 5.73 Å². The van der Waals surface area contributed by atoms with Crippen LogP contribution in [0.25, 0.3) is 0 Å². The Balaban J connectivity index is 4.33. The molecule has 0 saturated heterocycles. The summed E-state index contributed by atoms with van der Waals surface area (Å²) in [6.07, 6.45) is 0.607. The zero-order valence-corrected chi connectivity index (χ0v) is 7.07. The largest absolute Gasteiger partial charge is 0.368 e. The van der Waals surface area contributed by atoms with E-state index in [0.717, 1.165) is 0 Å². The first-order valence-electron chi connectivity index (χ1n) is 3.47. The summed E-state index contributed by atoms with van der Waals surface area (Å²) in [5, 5.41) is 0. The highest BCUT2D eigenvalue weighted by Crippen LogP contribution is 2.05. The molecule has 0 saturated carbocycles. The molecule has 0 aliphatic carbocycles. The number of nitrogens with zero attached hydrogens (tertiary/aromatic N) is 1. The molecule has 2 N–H and O–H groups in total. The number of carbonyl (C=O) groups is 2. The van der Waals surface area contributed by atoms with Crippen LogP contribution in [0.3, 0.4) is 0 Å². The fourth-order valence-electron chi connectivity index (χ4n) is 1.07. The van der Waals surface area contributed by atoms with Crippen molar-refractivity contribution < 1.29 is 9.59 Å². The molecular weight excluding hydrogens is 144 g/mol. The number of nitrogens with two attached hydrogens (primary N) is 1. The third kappa shape index (κ3) is 2.57. The van der Waals surface area contributed by atoms with Gasteiger partial charge in [0.1, 0.15) is 6.04 Å². The fraction of sp³-hybridized carbons (Fsp3) is 0.714. The highest BCUT2D eigenvalue weighted by Gasteiger charge is 2.22. The number of hydrogen-bond acceptors (Lipinski definition) is 2. The Kier molecular flexibility index (Phi) is 3.57. The molecule has 64 valence electrons. The average molecular weight is 158 g/mol. The number of amides is 2. The van der Waals surface area contributed by atoms with Gasteiger partial charge in [-0.1, -0.05) is 13.8 Å². The van der Waals surface area contributed by atoms with Gasteiger partial charge in [0.05, 0.1) is 0 Å². The minimum Gasteiger partial charge on any atom is -0.368 e. The first-order valence-corrected chi connectivity index (χ1v) is 3.47. The maximum absolute atomic E-state index is 10.8. The van der Waals surface area contributed by atoms with E-state index in [1.807, 2.05) is 13.8 Å². The molecule has 0 unspecified atom stereocenters. The molecule has 0 fully saturated rings. The van der Waals surface area contributed by atoms with E-state index < -0.39 is 11.9 Å². The molecule has 0 spiro atoms. The third-order valence-corrected chi connectivity index (χ3v) is 1.53. The van der Waals surface area contributed by atoms with Gasteiger partial charge in [0, 0.05) is 7.05 Å². The van der Waals surface area contributed by atoms with Gasteiger partial charge in [0.2, 0.25) is 12.3 Å². The lowest BCUT2D eigenvalue weighted by Crippen LogP contribution is -2.45. The monoisotopic (exact) mass is 158 g/mol. The van der Waals surface area contributed by atoms with E-state index in [1.165, 1.54) is 4.90 Å². The maximum atomic E-state index is 10.8. The number of primary amides is 1. The summed E-state index contributed by atoms with van der Waals surface area (Å²) >= 11 is 0. The lowest BCUT2D eigenvalue weighted by molar-refractivity contribution is -0.131. The minimum atomic E-state index is -0.493. The zero-order chi connectivity index (χ0) is 9.02. The highest BCUT2D eigenvalue weighted by molar-refractivity contribution is 5.82. The van der Waals surface area contributed by atoms with E-state index in [1.54, 1.807) is 7.05 Å². The van der Waals surface area contributed by atoms with Crippen LogP contribution in [0.1, 0.15) is 13.8 Å². The summed E-state index contributed by atoms with van der Waals surface area (Å²) in [6, 6.07) is -0.493. The predicted octanol–water partition coefficient (Wildman–Crippen LogP) is -0.416. The van der Waals surface area contributed by atoms with Crippen LogP contribution in [0.4, 0.5) is 0 Å². The van der Waals surface area contributed by atoms with Crippen molar-refractivity contribution in [1.29, 1.82) is 0 Å². The molecule has 0 aliphatic heterocycles. The summed E-state index contributed by atoms with van der Waals surface area (Å²) < 4.78 is 0. The minimum absolute atomic E-state index is 0.0581. The van der Waals surface area contributed by atoms with Gasteiger partial charge >= 0.3 is 0 Å². The molecular formula is C7H14N2O2. The van der Waals surface area contributed by atoms with Crippen molar-refractivity contribution in [2.75, 3.05) is 7.05 Å². The molecule has 0 aromatic rings. The van der Waals surface area contributed by atoms with Crippen molar-refractivity contribution in [3.05, 3.63) is 0 Å². The van der Waals surface area contributed by atoms with Crippen LogP contribution in [-0.4, -0.2) is 30.3 Å². The van der Waals surface area contributed by atoms with Crippen molar-refractivity contribution in [2.45, 2.75) is 19.9 Å². The lowest BCUT2D eigenvalue weighted by atomic mass is 10.0. The Hall–Kier alpha value is -1.06. The second kappa shape index (κ2) is 3.95. The second-order valence-electron chi connectivity index (χ2n) is 2.86. The Morgan fingerprint density at radius 3 is 2.09 bits per heavy atom. The second-order valence-corrected chi connectivity index (χ2v) is 2.86. The molecule has 0 aromatic carbocycles. The number of hydrogen-bond donors (Lipinski definition) is 1. The number of rotatable bonds is 4. The smallest absolute Gasteiger partial charge is 0.240 e.